The first-order valence-electron chi connectivity index (χ1n) is 2.98. The van der Waals surface area contributed by atoms with Gasteiger partial charge in [-0.25, -0.2) is 0 Å². The van der Waals surface area contributed by atoms with Crippen LogP contribution in [-0.4, -0.2) is 0 Å². The molecule has 0 saturated carbocycles. The second-order valence-electron chi connectivity index (χ2n) is 1.94. The fourth-order valence-corrected chi connectivity index (χ4v) is 0.246. The van der Waals surface area contributed by atoms with Crippen molar-refractivity contribution in [2.45, 2.75) is 20.8 Å². The molecule has 0 N–H and O–H groups in total. The molecule has 0 fully saturated rings. The molecule has 0 radical (unpaired) electrons. The van der Waals surface area contributed by atoms with Gasteiger partial charge in [0.2, 0.25) is 0 Å². The minimum absolute atomic E-state index is 0.278. The van der Waals surface area contributed by atoms with Gasteiger partial charge in [-0.15, -0.1) is 0 Å². The second-order valence-corrected chi connectivity index (χ2v) is 37.3. The Kier molecular flexibility index (Phi) is 14.8. The van der Waals surface area contributed by atoms with Gasteiger partial charge in [0.05, 0.1) is 0 Å². The summed E-state index contributed by atoms with van der Waals surface area (Å²) in [6.07, 6.45) is 2.06. The molecular weight excluding hydrogens is 516 g/mol. The third-order valence-corrected chi connectivity index (χ3v) is 1.11. The molecular formula is C7H12I3V. The molecule has 0 rings (SSSR count). The van der Waals surface area contributed by atoms with Gasteiger partial charge in [0, 0.05) is 0 Å². The first kappa shape index (κ1) is 15.7. The fourth-order valence-electron chi connectivity index (χ4n) is 0.246. The quantitative estimate of drug-likeness (QED) is 0.326. The molecule has 0 nitrogen and oxygen atoms in total. The molecule has 4 heteroatoms. The minimum atomic E-state index is -0.278. The summed E-state index contributed by atoms with van der Waals surface area (Å²) in [5.74, 6) is 0. The normalized spacial score (nSPS) is 10.6. The molecule has 0 aromatic heterocycles. The van der Waals surface area contributed by atoms with Gasteiger partial charge in [0.25, 0.3) is 0 Å². The van der Waals surface area contributed by atoms with Gasteiger partial charge >= 0.3 is 64.9 Å². The van der Waals surface area contributed by atoms with Crippen LogP contribution in [0.5, 0.6) is 0 Å². The van der Waals surface area contributed by atoms with Crippen LogP contribution in [0.4, 0.5) is 0 Å². The molecule has 0 spiro atoms. The Morgan fingerprint density at radius 1 is 1.27 bits per heavy atom. The molecule has 66 valence electrons. The van der Waals surface area contributed by atoms with E-state index in [9.17, 15) is 0 Å². The Bertz CT molecular complexity index is 138. The number of allylic oxidation sites excluding steroid dienone is 3. The molecule has 0 atom stereocenters. The topological polar surface area (TPSA) is 0 Å². The van der Waals surface area contributed by atoms with Gasteiger partial charge in [0.1, 0.15) is 0 Å². The maximum atomic E-state index is 3.76. The van der Waals surface area contributed by atoms with Crippen molar-refractivity contribution in [2.24, 2.45) is 0 Å². The van der Waals surface area contributed by atoms with Crippen LogP contribution in [0.3, 0.4) is 0 Å². The van der Waals surface area contributed by atoms with Crippen molar-refractivity contribution in [3.63, 3.8) is 0 Å². The SMILES string of the molecule is C=C(C)/C(C)=C/C.[I][V]([I])[I]. The Hall–Kier alpha value is 2.25. The number of hydrogen-bond donors (Lipinski definition) is 0. The van der Waals surface area contributed by atoms with E-state index in [1.165, 1.54) is 5.57 Å². The summed E-state index contributed by atoms with van der Waals surface area (Å²) in [5, 5.41) is 0. The van der Waals surface area contributed by atoms with Gasteiger partial charge in [-0.1, -0.05) is 23.8 Å². The summed E-state index contributed by atoms with van der Waals surface area (Å²) in [4.78, 5) is -0.278. The van der Waals surface area contributed by atoms with Crippen molar-refractivity contribution in [3.05, 3.63) is 23.8 Å². The van der Waals surface area contributed by atoms with Crippen LogP contribution in [0.1, 0.15) is 20.8 Å². The molecule has 0 aliphatic carbocycles. The predicted octanol–water partition coefficient (Wildman–Crippen LogP) is 5.18. The average molecular weight is 528 g/mol. The van der Waals surface area contributed by atoms with Crippen molar-refractivity contribution in [2.75, 3.05) is 0 Å². The van der Waals surface area contributed by atoms with E-state index < -0.39 is 0 Å². The Morgan fingerprint density at radius 2 is 1.55 bits per heavy atom. The maximum absolute atomic E-state index is 3.76. The zero-order valence-electron chi connectivity index (χ0n) is 6.87. The van der Waals surface area contributed by atoms with E-state index in [0.717, 1.165) is 5.57 Å². The molecule has 0 aromatic carbocycles. The summed E-state index contributed by atoms with van der Waals surface area (Å²) >= 11 is 7.39. The zero-order chi connectivity index (χ0) is 9.44. The first-order chi connectivity index (χ1) is 4.91. The molecule has 0 saturated heterocycles. The molecule has 0 aliphatic rings. The monoisotopic (exact) mass is 528 g/mol. The number of rotatable bonds is 1. The van der Waals surface area contributed by atoms with Crippen molar-refractivity contribution in [3.8, 4) is 0 Å². The number of halogens is 3. The average Bonchev–Trinajstić information content (AvgIpc) is 1.85. The standard InChI is InChI=1S/C7H12.3HI.V/c1-5-7(4)6(2)3;;;;/h5H,2H2,1,3-4H3;3*1H;/q;;;;+3/p-3/b7-5+;;;;. The second kappa shape index (κ2) is 10.3. The van der Waals surface area contributed by atoms with Crippen LogP contribution >= 0.6 is 59.9 Å². The molecule has 0 amide bonds. The Labute approximate surface area is 107 Å². The van der Waals surface area contributed by atoms with E-state index >= 15 is 0 Å². The summed E-state index contributed by atoms with van der Waals surface area (Å²) in [7, 11) is 0. The predicted molar refractivity (Wildman–Crippen MR) is 76.3 cm³/mol. The molecule has 0 aliphatic heterocycles. The van der Waals surface area contributed by atoms with E-state index in [0.29, 0.717) is 0 Å². The van der Waals surface area contributed by atoms with E-state index in [1.54, 1.807) is 0 Å². The molecule has 11 heavy (non-hydrogen) atoms. The molecule has 0 heterocycles. The van der Waals surface area contributed by atoms with Crippen LogP contribution in [0, 0.1) is 0 Å². The summed E-state index contributed by atoms with van der Waals surface area (Å²) in [5.41, 5.74) is 2.43. The molecule has 0 aromatic rings. The molecule has 0 unspecified atom stereocenters. The van der Waals surface area contributed by atoms with Gasteiger partial charge < -0.3 is 0 Å². The van der Waals surface area contributed by atoms with Gasteiger partial charge in [0.15, 0.2) is 0 Å². The molecule has 0 bridgehead atoms. The van der Waals surface area contributed by atoms with Crippen LogP contribution in [0.25, 0.3) is 0 Å². The first-order valence-corrected chi connectivity index (χ1v) is 16.5. The summed E-state index contributed by atoms with van der Waals surface area (Å²) in [6.45, 7) is 9.84. The van der Waals surface area contributed by atoms with Gasteiger partial charge in [-0.05, 0) is 20.8 Å². The van der Waals surface area contributed by atoms with E-state index in [2.05, 4.69) is 79.5 Å². The van der Waals surface area contributed by atoms with Crippen LogP contribution in [-0.2, 0) is 4.92 Å². The van der Waals surface area contributed by atoms with Crippen molar-refractivity contribution in [1.82, 2.24) is 0 Å². The van der Waals surface area contributed by atoms with Gasteiger partial charge in [-0.3, -0.25) is 0 Å². The fraction of sp³-hybridized carbons (Fsp3) is 0.429. The van der Waals surface area contributed by atoms with Crippen molar-refractivity contribution >= 4 is 59.9 Å². The van der Waals surface area contributed by atoms with E-state index in [1.807, 2.05) is 13.8 Å². The van der Waals surface area contributed by atoms with Crippen molar-refractivity contribution < 1.29 is 4.92 Å². The summed E-state index contributed by atoms with van der Waals surface area (Å²) in [6, 6.07) is 0. The zero-order valence-corrected chi connectivity index (χ0v) is 14.7. The van der Waals surface area contributed by atoms with Crippen LogP contribution in [0.2, 0.25) is 0 Å². The Balaban J connectivity index is 0. The van der Waals surface area contributed by atoms with Gasteiger partial charge in [-0.2, -0.15) is 0 Å². The third-order valence-electron chi connectivity index (χ3n) is 1.11. The van der Waals surface area contributed by atoms with Crippen LogP contribution < -0.4 is 0 Å². The van der Waals surface area contributed by atoms with E-state index in [4.69, 9.17) is 0 Å². The third kappa shape index (κ3) is 18.9. The van der Waals surface area contributed by atoms with E-state index in [-0.39, 0.29) is 4.92 Å². The summed E-state index contributed by atoms with van der Waals surface area (Å²) < 4.78 is 0. The van der Waals surface area contributed by atoms with Crippen LogP contribution in [0.15, 0.2) is 23.8 Å². The van der Waals surface area contributed by atoms with Crippen molar-refractivity contribution in [1.29, 1.82) is 0 Å². The Morgan fingerprint density at radius 3 is 1.55 bits per heavy atom. The number of hydrogen-bond acceptors (Lipinski definition) is 0.